The Kier molecular flexibility index (Phi) is 5.10. The molecule has 1 aliphatic rings. The summed E-state index contributed by atoms with van der Waals surface area (Å²) in [7, 11) is 0. The number of hydrogen-bond donors (Lipinski definition) is 5. The van der Waals surface area contributed by atoms with Gasteiger partial charge < -0.3 is 31.3 Å². The van der Waals surface area contributed by atoms with Gasteiger partial charge in [0.05, 0.1) is 19.8 Å². The van der Waals surface area contributed by atoms with Gasteiger partial charge in [-0.05, 0) is 19.3 Å². The third kappa shape index (κ3) is 3.69. The van der Waals surface area contributed by atoms with Gasteiger partial charge in [0.2, 0.25) is 17.8 Å². The lowest BCUT2D eigenvalue weighted by Crippen LogP contribution is -2.49. The minimum Gasteiger partial charge on any atom is -0.394 e. The highest BCUT2D eigenvalue weighted by Gasteiger charge is 2.29. The zero-order chi connectivity index (χ0) is 15.3. The fourth-order valence-electron chi connectivity index (χ4n) is 2.18. The predicted molar refractivity (Wildman–Crippen MR) is 77.9 cm³/mol. The van der Waals surface area contributed by atoms with Gasteiger partial charge >= 0.3 is 0 Å². The normalized spacial score (nSPS) is 16.0. The van der Waals surface area contributed by atoms with Crippen molar-refractivity contribution >= 4 is 17.8 Å². The number of hydrogen-bond acceptors (Lipinski definition) is 9. The molecule has 0 aliphatic carbocycles. The first-order valence-electron chi connectivity index (χ1n) is 7.00. The number of rotatable bonds is 6. The highest BCUT2D eigenvalue weighted by atomic mass is 16.3. The summed E-state index contributed by atoms with van der Waals surface area (Å²) in [6.45, 7) is 0.308. The summed E-state index contributed by atoms with van der Waals surface area (Å²) in [5, 5.41) is 30.7. The summed E-state index contributed by atoms with van der Waals surface area (Å²) in [6, 6.07) is 0. The third-order valence-corrected chi connectivity index (χ3v) is 3.56. The molecule has 2 rings (SSSR count). The maximum atomic E-state index is 9.33. The molecular formula is C12H22N6O3. The second-order valence-corrected chi connectivity index (χ2v) is 5.24. The Balaban J connectivity index is 2.21. The molecule has 1 aliphatic heterocycles. The SMILES string of the molecule is Nc1nc(NC(CO)(CO)CO)nc(N2CCCCC2)n1. The van der Waals surface area contributed by atoms with Crippen LogP contribution in [-0.2, 0) is 0 Å². The van der Waals surface area contributed by atoms with Gasteiger partial charge in [-0.25, -0.2) is 0 Å². The smallest absolute Gasteiger partial charge is 0.231 e. The molecule has 0 unspecified atom stereocenters. The summed E-state index contributed by atoms with van der Waals surface area (Å²) >= 11 is 0. The van der Waals surface area contributed by atoms with Gasteiger partial charge in [-0.2, -0.15) is 15.0 Å². The van der Waals surface area contributed by atoms with Crippen LogP contribution >= 0.6 is 0 Å². The van der Waals surface area contributed by atoms with E-state index in [-0.39, 0.29) is 11.9 Å². The van der Waals surface area contributed by atoms with Gasteiger partial charge in [0.1, 0.15) is 5.54 Å². The van der Waals surface area contributed by atoms with Crippen LogP contribution in [0.3, 0.4) is 0 Å². The second kappa shape index (κ2) is 6.83. The number of aromatic nitrogens is 3. The first kappa shape index (κ1) is 15.7. The van der Waals surface area contributed by atoms with Gasteiger partial charge in [0.15, 0.2) is 0 Å². The Labute approximate surface area is 122 Å². The van der Waals surface area contributed by atoms with Crippen molar-refractivity contribution in [3.05, 3.63) is 0 Å². The fraction of sp³-hybridized carbons (Fsp3) is 0.750. The molecule has 2 heterocycles. The Hall–Kier alpha value is -1.71. The van der Waals surface area contributed by atoms with E-state index in [9.17, 15) is 15.3 Å². The minimum absolute atomic E-state index is 0.0517. The first-order chi connectivity index (χ1) is 10.1. The minimum atomic E-state index is -1.30. The van der Waals surface area contributed by atoms with E-state index in [1.807, 2.05) is 4.90 Å². The van der Waals surface area contributed by atoms with E-state index < -0.39 is 25.4 Å². The number of aliphatic hydroxyl groups is 3. The molecule has 1 saturated heterocycles. The van der Waals surface area contributed by atoms with Crippen molar-refractivity contribution in [2.75, 3.05) is 48.9 Å². The Morgan fingerprint density at radius 1 is 1.00 bits per heavy atom. The number of anilines is 3. The predicted octanol–water partition coefficient (Wildman–Crippen LogP) is -1.43. The number of nitrogens with zero attached hydrogens (tertiary/aromatic N) is 4. The average Bonchev–Trinajstić information content (AvgIpc) is 2.53. The summed E-state index contributed by atoms with van der Waals surface area (Å²) in [6.07, 6.45) is 3.33. The molecule has 0 radical (unpaired) electrons. The van der Waals surface area contributed by atoms with Crippen LogP contribution in [0.2, 0.25) is 0 Å². The molecule has 0 spiro atoms. The average molecular weight is 298 g/mol. The summed E-state index contributed by atoms with van der Waals surface area (Å²) in [5.74, 6) is 0.642. The van der Waals surface area contributed by atoms with Crippen molar-refractivity contribution in [2.24, 2.45) is 0 Å². The molecule has 21 heavy (non-hydrogen) atoms. The molecule has 6 N–H and O–H groups in total. The lowest BCUT2D eigenvalue weighted by molar-refractivity contribution is 0.0828. The molecule has 0 aromatic carbocycles. The standard InChI is InChI=1S/C12H22N6O3/c13-9-14-10(17-12(6-19,7-20)8-21)16-11(15-9)18-4-2-1-3-5-18/h19-21H,1-8H2,(H3,13,14,15,16,17). The molecule has 0 amide bonds. The van der Waals surface area contributed by atoms with Gasteiger partial charge in [-0.15, -0.1) is 0 Å². The van der Waals surface area contributed by atoms with Crippen LogP contribution in [0.15, 0.2) is 0 Å². The maximum absolute atomic E-state index is 9.33. The molecule has 118 valence electrons. The van der Waals surface area contributed by atoms with Crippen LogP contribution in [0, 0.1) is 0 Å². The van der Waals surface area contributed by atoms with Crippen LogP contribution in [-0.4, -0.2) is 68.7 Å². The highest BCUT2D eigenvalue weighted by molar-refractivity contribution is 5.43. The van der Waals surface area contributed by atoms with Crippen molar-refractivity contribution in [1.82, 2.24) is 15.0 Å². The second-order valence-electron chi connectivity index (χ2n) is 5.24. The van der Waals surface area contributed by atoms with Gasteiger partial charge in [0, 0.05) is 13.1 Å². The number of piperidine rings is 1. The van der Waals surface area contributed by atoms with Crippen LogP contribution in [0.1, 0.15) is 19.3 Å². The third-order valence-electron chi connectivity index (χ3n) is 3.56. The molecule has 0 bridgehead atoms. The van der Waals surface area contributed by atoms with E-state index in [1.165, 1.54) is 6.42 Å². The zero-order valence-electron chi connectivity index (χ0n) is 11.9. The molecule has 0 saturated carbocycles. The van der Waals surface area contributed by atoms with Crippen LogP contribution < -0.4 is 16.0 Å². The summed E-state index contributed by atoms with van der Waals surface area (Å²) in [5.41, 5.74) is 4.39. The topological polar surface area (TPSA) is 141 Å². The number of nitrogens with one attached hydrogen (secondary N) is 1. The first-order valence-corrected chi connectivity index (χ1v) is 7.00. The quantitative estimate of drug-likeness (QED) is 0.427. The van der Waals surface area contributed by atoms with E-state index in [4.69, 9.17) is 5.73 Å². The Morgan fingerprint density at radius 3 is 2.19 bits per heavy atom. The van der Waals surface area contributed by atoms with E-state index >= 15 is 0 Å². The van der Waals surface area contributed by atoms with Crippen LogP contribution in [0.5, 0.6) is 0 Å². The lowest BCUT2D eigenvalue weighted by atomic mass is 10.0. The van der Waals surface area contributed by atoms with E-state index in [0.29, 0.717) is 5.95 Å². The molecule has 9 heteroatoms. The molecule has 9 nitrogen and oxygen atoms in total. The number of nitrogen functional groups attached to an aromatic ring is 1. The van der Waals surface area contributed by atoms with Crippen molar-refractivity contribution in [3.8, 4) is 0 Å². The fourth-order valence-corrected chi connectivity index (χ4v) is 2.18. The summed E-state index contributed by atoms with van der Waals surface area (Å²) < 4.78 is 0. The van der Waals surface area contributed by atoms with Gasteiger partial charge in [-0.3, -0.25) is 0 Å². The monoisotopic (exact) mass is 298 g/mol. The summed E-state index contributed by atoms with van der Waals surface area (Å²) in [4.78, 5) is 14.3. The molecule has 1 aromatic rings. The van der Waals surface area contributed by atoms with E-state index in [1.54, 1.807) is 0 Å². The highest BCUT2D eigenvalue weighted by Crippen LogP contribution is 2.19. The van der Waals surface area contributed by atoms with Crippen LogP contribution in [0.25, 0.3) is 0 Å². The molecule has 1 aromatic heterocycles. The van der Waals surface area contributed by atoms with Gasteiger partial charge in [0.25, 0.3) is 0 Å². The molecule has 0 atom stereocenters. The Morgan fingerprint density at radius 2 is 1.62 bits per heavy atom. The van der Waals surface area contributed by atoms with Crippen molar-refractivity contribution in [1.29, 1.82) is 0 Å². The number of aliphatic hydroxyl groups excluding tert-OH is 3. The Bertz CT molecular complexity index is 454. The lowest BCUT2D eigenvalue weighted by Gasteiger charge is -2.30. The van der Waals surface area contributed by atoms with Crippen molar-refractivity contribution in [2.45, 2.75) is 24.8 Å². The van der Waals surface area contributed by atoms with E-state index in [0.717, 1.165) is 25.9 Å². The largest absolute Gasteiger partial charge is 0.394 e. The van der Waals surface area contributed by atoms with Crippen LogP contribution in [0.4, 0.5) is 17.8 Å². The molecular weight excluding hydrogens is 276 g/mol. The van der Waals surface area contributed by atoms with Crippen molar-refractivity contribution in [3.63, 3.8) is 0 Å². The zero-order valence-corrected chi connectivity index (χ0v) is 11.9. The van der Waals surface area contributed by atoms with E-state index in [2.05, 4.69) is 20.3 Å². The molecule has 1 fully saturated rings. The van der Waals surface area contributed by atoms with Crippen molar-refractivity contribution < 1.29 is 15.3 Å². The van der Waals surface area contributed by atoms with Gasteiger partial charge in [-0.1, -0.05) is 0 Å². The number of nitrogens with two attached hydrogens (primary N) is 1. The maximum Gasteiger partial charge on any atom is 0.231 e.